The number of Topliss-reactive ketones (excluding diaryl/α,β-unsaturated/α-hetero) is 1. The van der Waals surface area contributed by atoms with Crippen molar-refractivity contribution in [2.75, 3.05) is 6.61 Å². The van der Waals surface area contributed by atoms with Gasteiger partial charge in [-0.2, -0.15) is 0 Å². The highest BCUT2D eigenvalue weighted by atomic mass is 32.2. The Kier molecular flexibility index (Phi) is 4.43. The Balaban J connectivity index is 1.99. The molecule has 1 heterocycles. The van der Waals surface area contributed by atoms with Gasteiger partial charge in [-0.15, -0.1) is 0 Å². The number of aryl methyl sites for hydroxylation is 1. The second-order valence-electron chi connectivity index (χ2n) is 4.53. The van der Waals surface area contributed by atoms with Crippen LogP contribution in [0.2, 0.25) is 0 Å². The van der Waals surface area contributed by atoms with Crippen molar-refractivity contribution < 1.29 is 27.2 Å². The molecular weight excluding hydrogens is 310 g/mol. The van der Waals surface area contributed by atoms with Crippen molar-refractivity contribution in [2.45, 2.75) is 12.0 Å². The van der Waals surface area contributed by atoms with Crippen LogP contribution in [0, 0.1) is 6.92 Å². The predicted molar refractivity (Wildman–Crippen MR) is 75.9 cm³/mol. The Hall–Kier alpha value is -2.45. The van der Waals surface area contributed by atoms with Crippen molar-refractivity contribution in [3.05, 3.63) is 53.3 Å². The maximum Gasteiger partial charge on any atom is 0.374 e. The SMILES string of the molecule is Cc1ccc(C(=O)COC(=O)c2ccc(S(N)(=O)=O)o2)cc1. The molecule has 0 amide bonds. The maximum atomic E-state index is 11.8. The third kappa shape index (κ3) is 3.80. The van der Waals surface area contributed by atoms with Crippen molar-refractivity contribution >= 4 is 21.8 Å². The quantitative estimate of drug-likeness (QED) is 0.654. The average molecular weight is 323 g/mol. The molecule has 2 aromatic rings. The van der Waals surface area contributed by atoms with Crippen LogP contribution in [0.5, 0.6) is 0 Å². The second-order valence-corrected chi connectivity index (χ2v) is 6.02. The van der Waals surface area contributed by atoms with Gasteiger partial charge in [0.1, 0.15) is 0 Å². The number of hydrogen-bond acceptors (Lipinski definition) is 6. The third-order valence-electron chi connectivity index (χ3n) is 2.77. The van der Waals surface area contributed by atoms with Crippen LogP contribution in [-0.4, -0.2) is 26.8 Å². The van der Waals surface area contributed by atoms with Gasteiger partial charge < -0.3 is 9.15 Å². The number of benzene rings is 1. The largest absolute Gasteiger partial charge is 0.451 e. The molecule has 2 rings (SSSR count). The molecule has 0 saturated heterocycles. The normalized spacial score (nSPS) is 11.2. The monoisotopic (exact) mass is 323 g/mol. The fraction of sp³-hybridized carbons (Fsp3) is 0.143. The van der Waals surface area contributed by atoms with Gasteiger partial charge in [-0.3, -0.25) is 4.79 Å². The number of furan rings is 1. The number of carbonyl (C=O) groups is 2. The van der Waals surface area contributed by atoms with Crippen LogP contribution in [0.4, 0.5) is 0 Å². The van der Waals surface area contributed by atoms with Gasteiger partial charge in [0.25, 0.3) is 10.0 Å². The lowest BCUT2D eigenvalue weighted by Gasteiger charge is -2.03. The second kappa shape index (κ2) is 6.12. The molecular formula is C14H13NO6S. The molecule has 2 N–H and O–H groups in total. The Labute approximate surface area is 126 Å². The van der Waals surface area contributed by atoms with E-state index in [0.29, 0.717) is 5.56 Å². The molecule has 7 nitrogen and oxygen atoms in total. The zero-order valence-electron chi connectivity index (χ0n) is 11.6. The molecule has 0 bridgehead atoms. The molecule has 0 saturated carbocycles. The minimum absolute atomic E-state index is 0.347. The van der Waals surface area contributed by atoms with E-state index in [2.05, 4.69) is 0 Å². The van der Waals surface area contributed by atoms with E-state index >= 15 is 0 Å². The molecule has 1 aromatic carbocycles. The lowest BCUT2D eigenvalue weighted by atomic mass is 10.1. The summed E-state index contributed by atoms with van der Waals surface area (Å²) in [7, 11) is -4.04. The van der Waals surface area contributed by atoms with E-state index in [1.165, 1.54) is 0 Å². The van der Waals surface area contributed by atoms with Crippen molar-refractivity contribution in [3.63, 3.8) is 0 Å². The summed E-state index contributed by atoms with van der Waals surface area (Å²) in [5, 5.41) is 4.30. The number of hydrogen-bond donors (Lipinski definition) is 1. The van der Waals surface area contributed by atoms with E-state index in [-0.39, 0.29) is 11.5 Å². The summed E-state index contributed by atoms with van der Waals surface area (Å²) in [4.78, 5) is 23.5. The van der Waals surface area contributed by atoms with Crippen LogP contribution in [0.25, 0.3) is 0 Å². The topological polar surface area (TPSA) is 117 Å². The third-order valence-corrected chi connectivity index (χ3v) is 3.55. The van der Waals surface area contributed by atoms with Crippen molar-refractivity contribution in [1.82, 2.24) is 0 Å². The molecule has 8 heteroatoms. The van der Waals surface area contributed by atoms with Crippen molar-refractivity contribution in [1.29, 1.82) is 0 Å². The molecule has 0 fully saturated rings. The number of primary sulfonamides is 1. The summed E-state index contributed by atoms with van der Waals surface area (Å²) in [5.74, 6) is -1.68. The minimum Gasteiger partial charge on any atom is -0.451 e. The van der Waals surface area contributed by atoms with E-state index in [0.717, 1.165) is 17.7 Å². The Morgan fingerprint density at radius 2 is 1.77 bits per heavy atom. The standard InChI is InChI=1S/C14H13NO6S/c1-9-2-4-10(5-3-9)11(16)8-20-14(17)12-6-7-13(21-12)22(15,18)19/h2-7H,8H2,1H3,(H2,15,18,19). The summed E-state index contributed by atoms with van der Waals surface area (Å²) in [5.41, 5.74) is 1.41. The molecule has 0 aliphatic heterocycles. The van der Waals surface area contributed by atoms with Crippen LogP contribution in [0.3, 0.4) is 0 Å². The maximum absolute atomic E-state index is 11.8. The van der Waals surface area contributed by atoms with E-state index in [1.54, 1.807) is 24.3 Å². The lowest BCUT2D eigenvalue weighted by molar-refractivity contribution is 0.0439. The molecule has 0 unspecified atom stereocenters. The average Bonchev–Trinajstić information content (AvgIpc) is 2.95. The molecule has 0 atom stereocenters. The minimum atomic E-state index is -4.04. The van der Waals surface area contributed by atoms with Gasteiger partial charge in [0.15, 0.2) is 12.4 Å². The summed E-state index contributed by atoms with van der Waals surface area (Å²) in [6, 6.07) is 8.92. The Bertz CT molecular complexity index is 804. The van der Waals surface area contributed by atoms with Gasteiger partial charge in [0.05, 0.1) is 0 Å². The van der Waals surface area contributed by atoms with Crippen LogP contribution in [0.15, 0.2) is 45.9 Å². The number of carbonyl (C=O) groups excluding carboxylic acids is 2. The molecule has 116 valence electrons. The highest BCUT2D eigenvalue weighted by Gasteiger charge is 2.19. The zero-order valence-corrected chi connectivity index (χ0v) is 12.4. The van der Waals surface area contributed by atoms with Crippen LogP contribution >= 0.6 is 0 Å². The predicted octanol–water partition coefficient (Wildman–Crippen LogP) is 1.28. The number of rotatable bonds is 5. The Morgan fingerprint density at radius 3 is 2.32 bits per heavy atom. The molecule has 0 radical (unpaired) electrons. The van der Waals surface area contributed by atoms with Gasteiger partial charge in [0.2, 0.25) is 10.9 Å². The van der Waals surface area contributed by atoms with Gasteiger partial charge in [-0.25, -0.2) is 18.4 Å². The smallest absolute Gasteiger partial charge is 0.374 e. The molecule has 1 aromatic heterocycles. The van der Waals surface area contributed by atoms with Crippen LogP contribution in [0.1, 0.15) is 26.5 Å². The number of esters is 1. The first-order valence-corrected chi connectivity index (χ1v) is 7.71. The summed E-state index contributed by atoms with van der Waals surface area (Å²) >= 11 is 0. The fourth-order valence-electron chi connectivity index (χ4n) is 1.61. The van der Waals surface area contributed by atoms with Gasteiger partial charge in [-0.05, 0) is 19.1 Å². The highest BCUT2D eigenvalue weighted by molar-refractivity contribution is 7.89. The summed E-state index contributed by atoms with van der Waals surface area (Å²) < 4.78 is 31.6. The number of sulfonamides is 1. The zero-order chi connectivity index (χ0) is 16.3. The lowest BCUT2D eigenvalue weighted by Crippen LogP contribution is -2.14. The number of nitrogens with two attached hydrogens (primary N) is 1. The van der Waals surface area contributed by atoms with E-state index in [1.807, 2.05) is 6.92 Å². The van der Waals surface area contributed by atoms with Gasteiger partial charge in [0, 0.05) is 5.56 Å². The van der Waals surface area contributed by atoms with Gasteiger partial charge in [-0.1, -0.05) is 29.8 Å². The summed E-state index contributed by atoms with van der Waals surface area (Å²) in [6.07, 6.45) is 0. The van der Waals surface area contributed by atoms with Gasteiger partial charge >= 0.3 is 5.97 Å². The Morgan fingerprint density at radius 1 is 1.14 bits per heavy atom. The first-order valence-electron chi connectivity index (χ1n) is 6.17. The molecule has 22 heavy (non-hydrogen) atoms. The molecule has 0 aliphatic rings. The fourth-order valence-corrected chi connectivity index (χ4v) is 2.07. The molecule has 0 spiro atoms. The summed E-state index contributed by atoms with van der Waals surface area (Å²) in [6.45, 7) is 1.40. The van der Waals surface area contributed by atoms with Crippen molar-refractivity contribution in [3.8, 4) is 0 Å². The first kappa shape index (κ1) is 15.9. The van der Waals surface area contributed by atoms with Crippen LogP contribution < -0.4 is 5.14 Å². The van der Waals surface area contributed by atoms with E-state index in [9.17, 15) is 18.0 Å². The number of ketones is 1. The van der Waals surface area contributed by atoms with E-state index < -0.39 is 27.7 Å². The number of ether oxygens (including phenoxy) is 1. The first-order chi connectivity index (χ1) is 10.3. The van der Waals surface area contributed by atoms with Crippen molar-refractivity contribution in [2.24, 2.45) is 5.14 Å². The molecule has 0 aliphatic carbocycles. The highest BCUT2D eigenvalue weighted by Crippen LogP contribution is 2.13. The van der Waals surface area contributed by atoms with Crippen LogP contribution in [-0.2, 0) is 14.8 Å². The van der Waals surface area contributed by atoms with E-state index in [4.69, 9.17) is 14.3 Å².